The molecule has 8 heteroatoms. The lowest BCUT2D eigenvalue weighted by Crippen LogP contribution is -2.44. The van der Waals surface area contributed by atoms with Crippen LogP contribution >= 0.6 is 0 Å². The van der Waals surface area contributed by atoms with Crippen LogP contribution in [0.25, 0.3) is 0 Å². The highest BCUT2D eigenvalue weighted by atomic mass is 32.2. The third-order valence-electron chi connectivity index (χ3n) is 5.38. The van der Waals surface area contributed by atoms with Crippen molar-refractivity contribution >= 4 is 33.0 Å². The van der Waals surface area contributed by atoms with Gasteiger partial charge in [-0.05, 0) is 55.9 Å². The molecular weight excluding hydrogens is 388 g/mol. The van der Waals surface area contributed by atoms with Crippen molar-refractivity contribution in [1.82, 2.24) is 4.90 Å². The Morgan fingerprint density at radius 2 is 1.66 bits per heavy atom. The van der Waals surface area contributed by atoms with Crippen molar-refractivity contribution in [2.45, 2.75) is 6.92 Å². The summed E-state index contributed by atoms with van der Waals surface area (Å²) in [6, 6.07) is 12.9. The largest absolute Gasteiger partial charge is 0.369 e. The maximum Gasteiger partial charge on any atom is 0.256 e. The second-order valence-electron chi connectivity index (χ2n) is 7.47. The lowest BCUT2D eigenvalue weighted by molar-refractivity contribution is 0.102. The van der Waals surface area contributed by atoms with E-state index in [1.165, 1.54) is 11.4 Å². The molecule has 0 unspecified atom stereocenters. The van der Waals surface area contributed by atoms with Gasteiger partial charge in [0.15, 0.2) is 0 Å². The number of piperazine rings is 1. The quantitative estimate of drug-likeness (QED) is 0.810. The summed E-state index contributed by atoms with van der Waals surface area (Å²) in [6.45, 7) is 5.80. The molecule has 156 valence electrons. The van der Waals surface area contributed by atoms with Crippen molar-refractivity contribution in [2.75, 3.05) is 61.1 Å². The summed E-state index contributed by atoms with van der Waals surface area (Å²) < 4.78 is 24.9. The van der Waals surface area contributed by atoms with Crippen LogP contribution in [0.4, 0.5) is 17.1 Å². The van der Waals surface area contributed by atoms with Gasteiger partial charge in [-0.25, -0.2) is 8.42 Å². The van der Waals surface area contributed by atoms with Gasteiger partial charge in [-0.2, -0.15) is 0 Å². The molecule has 1 aliphatic rings. The number of benzene rings is 2. The van der Waals surface area contributed by atoms with E-state index in [9.17, 15) is 13.2 Å². The molecule has 3 rings (SSSR count). The standard InChI is InChI=1S/C21H28N4O3S/c1-16-19(6-5-7-20(16)24(3)29(4,27)28)21(26)22-17-8-10-18(11-9-17)25-14-12-23(2)13-15-25/h5-11H,12-15H2,1-4H3,(H,22,26). The summed E-state index contributed by atoms with van der Waals surface area (Å²) in [7, 11) is 0.203. The van der Waals surface area contributed by atoms with Crippen LogP contribution in [0.3, 0.4) is 0 Å². The smallest absolute Gasteiger partial charge is 0.256 e. The predicted octanol–water partition coefficient (Wildman–Crippen LogP) is 2.39. The van der Waals surface area contributed by atoms with Crippen molar-refractivity contribution in [3.63, 3.8) is 0 Å². The highest BCUT2D eigenvalue weighted by Crippen LogP contribution is 2.25. The summed E-state index contributed by atoms with van der Waals surface area (Å²) in [4.78, 5) is 17.4. The minimum atomic E-state index is -3.40. The Bertz CT molecular complexity index is 981. The highest BCUT2D eigenvalue weighted by Gasteiger charge is 2.19. The number of nitrogens with one attached hydrogen (secondary N) is 1. The minimum absolute atomic E-state index is 0.265. The number of carbonyl (C=O) groups is 1. The van der Waals surface area contributed by atoms with Gasteiger partial charge < -0.3 is 15.1 Å². The van der Waals surface area contributed by atoms with Gasteiger partial charge in [0, 0.05) is 50.2 Å². The third-order valence-corrected chi connectivity index (χ3v) is 6.57. The number of hydrogen-bond donors (Lipinski definition) is 1. The molecule has 1 aliphatic heterocycles. The number of hydrogen-bond acceptors (Lipinski definition) is 5. The van der Waals surface area contributed by atoms with Crippen molar-refractivity contribution < 1.29 is 13.2 Å². The predicted molar refractivity (Wildman–Crippen MR) is 119 cm³/mol. The summed E-state index contributed by atoms with van der Waals surface area (Å²) >= 11 is 0. The topological polar surface area (TPSA) is 73.0 Å². The fourth-order valence-electron chi connectivity index (χ4n) is 3.41. The van der Waals surface area contributed by atoms with Gasteiger partial charge in [0.1, 0.15) is 0 Å². The molecule has 0 spiro atoms. The van der Waals surface area contributed by atoms with Gasteiger partial charge in [-0.15, -0.1) is 0 Å². The Morgan fingerprint density at radius 3 is 2.24 bits per heavy atom. The molecule has 1 fully saturated rings. The Kier molecular flexibility index (Phi) is 6.14. The van der Waals surface area contributed by atoms with Gasteiger partial charge in [-0.1, -0.05) is 6.07 Å². The zero-order chi connectivity index (χ0) is 21.2. The zero-order valence-corrected chi connectivity index (χ0v) is 18.2. The van der Waals surface area contributed by atoms with Crippen molar-refractivity contribution in [1.29, 1.82) is 0 Å². The number of nitrogens with zero attached hydrogens (tertiary/aromatic N) is 3. The van der Waals surface area contributed by atoms with Crippen molar-refractivity contribution in [3.05, 3.63) is 53.6 Å². The first kappa shape index (κ1) is 21.1. The number of sulfonamides is 1. The van der Waals surface area contributed by atoms with E-state index in [0.717, 1.165) is 38.1 Å². The third kappa shape index (κ3) is 4.89. The van der Waals surface area contributed by atoms with Gasteiger partial charge in [0.2, 0.25) is 10.0 Å². The van der Waals surface area contributed by atoms with E-state index in [2.05, 4.69) is 22.2 Å². The molecule has 2 aromatic rings. The van der Waals surface area contributed by atoms with Crippen LogP contribution in [0.2, 0.25) is 0 Å². The van der Waals surface area contributed by atoms with Crippen LogP contribution in [0.15, 0.2) is 42.5 Å². The summed E-state index contributed by atoms with van der Waals surface area (Å²) in [5, 5.41) is 2.91. The first-order chi connectivity index (χ1) is 13.7. The van der Waals surface area contributed by atoms with Crippen molar-refractivity contribution in [3.8, 4) is 0 Å². The van der Waals surface area contributed by atoms with Crippen LogP contribution in [-0.4, -0.2) is 65.8 Å². The Hall–Kier alpha value is -2.58. The monoisotopic (exact) mass is 416 g/mol. The second kappa shape index (κ2) is 8.42. The minimum Gasteiger partial charge on any atom is -0.369 e. The summed E-state index contributed by atoms with van der Waals surface area (Å²) in [5.74, 6) is -0.265. The van der Waals surface area contributed by atoms with Crippen LogP contribution in [0.5, 0.6) is 0 Å². The fourth-order valence-corrected chi connectivity index (χ4v) is 3.96. The number of amides is 1. The molecule has 1 amide bonds. The van der Waals surface area contributed by atoms with E-state index < -0.39 is 10.0 Å². The molecule has 29 heavy (non-hydrogen) atoms. The molecule has 0 aliphatic carbocycles. The van der Waals surface area contributed by atoms with Gasteiger partial charge >= 0.3 is 0 Å². The van der Waals surface area contributed by atoms with E-state index in [-0.39, 0.29) is 5.91 Å². The van der Waals surface area contributed by atoms with Gasteiger partial charge in [-0.3, -0.25) is 9.10 Å². The molecule has 7 nitrogen and oxygen atoms in total. The van der Waals surface area contributed by atoms with E-state index in [0.29, 0.717) is 22.5 Å². The highest BCUT2D eigenvalue weighted by molar-refractivity contribution is 7.92. The van der Waals surface area contributed by atoms with Crippen LogP contribution < -0.4 is 14.5 Å². The Balaban J connectivity index is 1.74. The fraction of sp³-hybridized carbons (Fsp3) is 0.381. The van der Waals surface area contributed by atoms with Crippen LogP contribution in [0.1, 0.15) is 15.9 Å². The maximum absolute atomic E-state index is 12.8. The van der Waals surface area contributed by atoms with E-state index >= 15 is 0 Å². The maximum atomic E-state index is 12.8. The molecule has 0 saturated carbocycles. The van der Waals surface area contributed by atoms with E-state index in [1.807, 2.05) is 24.3 Å². The van der Waals surface area contributed by atoms with E-state index in [4.69, 9.17) is 0 Å². The number of rotatable bonds is 5. The van der Waals surface area contributed by atoms with Crippen molar-refractivity contribution in [2.24, 2.45) is 0 Å². The molecule has 0 radical (unpaired) electrons. The molecule has 1 heterocycles. The normalized spacial score (nSPS) is 15.2. The molecule has 2 aromatic carbocycles. The summed E-state index contributed by atoms with van der Waals surface area (Å²) in [5.41, 5.74) is 3.40. The molecule has 0 bridgehead atoms. The lowest BCUT2D eigenvalue weighted by atomic mass is 10.1. The molecule has 0 aromatic heterocycles. The Labute approximate surface area is 173 Å². The first-order valence-electron chi connectivity index (χ1n) is 9.55. The molecule has 0 atom stereocenters. The van der Waals surface area contributed by atoms with E-state index in [1.54, 1.807) is 25.1 Å². The van der Waals surface area contributed by atoms with Crippen LogP contribution in [-0.2, 0) is 10.0 Å². The first-order valence-corrected chi connectivity index (χ1v) is 11.4. The average Bonchev–Trinajstić information content (AvgIpc) is 2.68. The SMILES string of the molecule is Cc1c(C(=O)Nc2ccc(N3CCN(C)CC3)cc2)cccc1N(C)S(C)(=O)=O. The number of likely N-dealkylation sites (N-methyl/N-ethyl adjacent to an activating group) is 1. The molecule has 1 saturated heterocycles. The summed E-state index contributed by atoms with van der Waals surface area (Å²) in [6.07, 6.45) is 1.14. The number of carbonyl (C=O) groups excluding carboxylic acids is 1. The van der Waals surface area contributed by atoms with Crippen LogP contribution in [0, 0.1) is 6.92 Å². The zero-order valence-electron chi connectivity index (χ0n) is 17.3. The van der Waals surface area contributed by atoms with Gasteiger partial charge in [0.05, 0.1) is 11.9 Å². The lowest BCUT2D eigenvalue weighted by Gasteiger charge is -2.34. The van der Waals surface area contributed by atoms with Gasteiger partial charge in [0.25, 0.3) is 5.91 Å². The average molecular weight is 417 g/mol. The Morgan fingerprint density at radius 1 is 1.03 bits per heavy atom. The molecular formula is C21H28N4O3S. The number of anilines is 3. The molecule has 1 N–H and O–H groups in total. The second-order valence-corrected chi connectivity index (χ2v) is 9.49.